The molecule has 1 fully saturated rings. The van der Waals surface area contributed by atoms with E-state index < -0.39 is 23.6 Å². The summed E-state index contributed by atoms with van der Waals surface area (Å²) in [5.41, 5.74) is 1.51. The predicted octanol–water partition coefficient (Wildman–Crippen LogP) is 6.33. The van der Waals surface area contributed by atoms with Crippen molar-refractivity contribution in [3.63, 3.8) is 0 Å². The van der Waals surface area contributed by atoms with E-state index in [2.05, 4.69) is 158 Å². The summed E-state index contributed by atoms with van der Waals surface area (Å²) in [5.74, 6) is 0. The monoisotopic (exact) mass is 558 g/mol. The summed E-state index contributed by atoms with van der Waals surface area (Å²) >= 11 is 4.59. The van der Waals surface area contributed by atoms with Crippen LogP contribution in [-0.4, -0.2) is 18.3 Å². The molecule has 1 heterocycles. The van der Waals surface area contributed by atoms with Gasteiger partial charge in [-0.2, -0.15) is 0 Å². The molecule has 0 bridgehead atoms. The summed E-state index contributed by atoms with van der Waals surface area (Å²) in [6.45, 7) is 8.44. The van der Waals surface area contributed by atoms with Gasteiger partial charge < -0.3 is 0 Å². The van der Waals surface area contributed by atoms with Crippen molar-refractivity contribution in [3.8, 4) is 0 Å². The summed E-state index contributed by atoms with van der Waals surface area (Å²) in [4.78, 5) is 0. The fourth-order valence-corrected chi connectivity index (χ4v) is 12.8. The summed E-state index contributed by atoms with van der Waals surface area (Å²) in [5, 5.41) is 0.747. The standard InChI is InChI=1S/C31H33BBrO2P/c1-30(2)31(3,4)35-32(34-30)29-23-15-14-16-25(29)24-36(33,26-17-8-5-9-18-26,27-19-10-6-11-20-27)28-21-12-7-13-22-28/h5-23H,24H2,1-4H3. The second kappa shape index (κ2) is 9.26. The van der Waals surface area contributed by atoms with Crippen molar-refractivity contribution in [3.05, 3.63) is 121 Å². The van der Waals surface area contributed by atoms with E-state index in [1.807, 2.05) is 0 Å². The van der Waals surface area contributed by atoms with E-state index in [1.54, 1.807) is 0 Å². The molecular formula is C31H33BBrO2P. The molecule has 5 rings (SSSR count). The minimum atomic E-state index is -3.14. The Kier molecular flexibility index (Phi) is 6.54. The SMILES string of the molecule is CC1(C)OB(c2ccccc2CP(Br)(c2ccccc2)(c2ccccc2)c2ccccc2)OC1(C)C. The molecule has 2 nitrogen and oxygen atoms in total. The van der Waals surface area contributed by atoms with Gasteiger partial charge in [0.1, 0.15) is 0 Å². The molecule has 0 spiro atoms. The van der Waals surface area contributed by atoms with Crippen LogP contribution in [0.5, 0.6) is 0 Å². The van der Waals surface area contributed by atoms with E-state index in [0.29, 0.717) is 0 Å². The van der Waals surface area contributed by atoms with Crippen molar-refractivity contribution in [2.75, 3.05) is 0 Å². The van der Waals surface area contributed by atoms with E-state index in [1.165, 1.54) is 21.5 Å². The van der Waals surface area contributed by atoms with Gasteiger partial charge in [0.05, 0.1) is 0 Å². The predicted molar refractivity (Wildman–Crippen MR) is 160 cm³/mol. The van der Waals surface area contributed by atoms with E-state index in [0.717, 1.165) is 11.6 Å². The molecule has 184 valence electrons. The first-order chi connectivity index (χ1) is 17.2. The van der Waals surface area contributed by atoms with Crippen molar-refractivity contribution in [2.24, 2.45) is 0 Å². The Hall–Kier alpha value is -2.23. The third-order valence-corrected chi connectivity index (χ3v) is 17.4. The third-order valence-electron chi connectivity index (χ3n) is 7.91. The minimum absolute atomic E-state index is 0.400. The van der Waals surface area contributed by atoms with Crippen molar-refractivity contribution >= 4 is 49.3 Å². The Morgan fingerprint density at radius 1 is 0.583 bits per heavy atom. The molecule has 0 radical (unpaired) electrons. The second-order valence-corrected chi connectivity index (χ2v) is 19.6. The number of hydrogen-bond acceptors (Lipinski definition) is 2. The fourth-order valence-electron chi connectivity index (χ4n) is 5.14. The quantitative estimate of drug-likeness (QED) is 0.203. The van der Waals surface area contributed by atoms with E-state index >= 15 is 0 Å². The first-order valence-electron chi connectivity index (χ1n) is 12.5. The zero-order valence-corrected chi connectivity index (χ0v) is 23.9. The van der Waals surface area contributed by atoms with Crippen LogP contribution in [0.1, 0.15) is 33.3 Å². The number of rotatable bonds is 6. The Labute approximate surface area is 223 Å². The van der Waals surface area contributed by atoms with Crippen molar-refractivity contribution in [1.29, 1.82) is 0 Å². The summed E-state index contributed by atoms with van der Waals surface area (Å²) in [7, 11) is -0.421. The summed E-state index contributed by atoms with van der Waals surface area (Å²) in [6, 6.07) is 41.3. The molecule has 4 aromatic rings. The van der Waals surface area contributed by atoms with Gasteiger partial charge in [0.15, 0.2) is 0 Å². The molecule has 0 unspecified atom stereocenters. The molecule has 0 atom stereocenters. The van der Waals surface area contributed by atoms with E-state index in [4.69, 9.17) is 9.31 Å². The van der Waals surface area contributed by atoms with Crippen LogP contribution in [0.3, 0.4) is 0 Å². The summed E-state index contributed by atoms with van der Waals surface area (Å²) < 4.78 is 13.1. The first kappa shape index (κ1) is 25.4. The molecular weight excluding hydrogens is 526 g/mol. The van der Waals surface area contributed by atoms with E-state index in [-0.39, 0.29) is 0 Å². The average molecular weight is 559 g/mol. The molecule has 36 heavy (non-hydrogen) atoms. The van der Waals surface area contributed by atoms with Crippen molar-refractivity contribution < 1.29 is 9.31 Å². The maximum absolute atomic E-state index is 6.53. The topological polar surface area (TPSA) is 18.5 Å². The third kappa shape index (κ3) is 4.09. The van der Waals surface area contributed by atoms with E-state index in [9.17, 15) is 0 Å². The van der Waals surface area contributed by atoms with Crippen LogP contribution >= 0.6 is 20.8 Å². The van der Waals surface area contributed by atoms with Crippen LogP contribution in [0, 0.1) is 0 Å². The number of benzene rings is 4. The van der Waals surface area contributed by atoms with Gasteiger partial charge >= 0.3 is 224 Å². The van der Waals surface area contributed by atoms with Gasteiger partial charge in [-0.1, -0.05) is 0 Å². The van der Waals surface area contributed by atoms with Crippen LogP contribution in [0.4, 0.5) is 0 Å². The molecule has 0 N–H and O–H groups in total. The van der Waals surface area contributed by atoms with Gasteiger partial charge in [0.2, 0.25) is 0 Å². The van der Waals surface area contributed by atoms with Crippen LogP contribution < -0.4 is 21.4 Å². The Morgan fingerprint density at radius 2 is 0.944 bits per heavy atom. The summed E-state index contributed by atoms with van der Waals surface area (Å²) in [6.07, 6.45) is 0.796. The van der Waals surface area contributed by atoms with Crippen LogP contribution in [-0.2, 0) is 15.5 Å². The normalized spacial score (nSPS) is 17.9. The Morgan fingerprint density at radius 3 is 1.36 bits per heavy atom. The Bertz CT molecular complexity index is 1230. The van der Waals surface area contributed by atoms with Gasteiger partial charge in [-0.05, 0) is 0 Å². The molecule has 1 aliphatic rings. The average Bonchev–Trinajstić information content (AvgIpc) is 3.12. The first-order valence-corrected chi connectivity index (χ1v) is 16.9. The number of halogens is 1. The Balaban J connectivity index is 1.76. The molecule has 4 aromatic carbocycles. The zero-order chi connectivity index (χ0) is 25.5. The van der Waals surface area contributed by atoms with Crippen molar-refractivity contribution in [1.82, 2.24) is 0 Å². The van der Waals surface area contributed by atoms with Gasteiger partial charge in [-0.25, -0.2) is 0 Å². The van der Waals surface area contributed by atoms with Crippen molar-refractivity contribution in [2.45, 2.75) is 45.1 Å². The second-order valence-electron chi connectivity index (χ2n) is 10.6. The van der Waals surface area contributed by atoms with Gasteiger partial charge in [0, 0.05) is 0 Å². The zero-order valence-electron chi connectivity index (χ0n) is 21.4. The maximum atomic E-state index is 6.53. The van der Waals surface area contributed by atoms with Crippen LogP contribution in [0.2, 0.25) is 0 Å². The molecule has 1 saturated heterocycles. The fraction of sp³-hybridized carbons (Fsp3) is 0.226. The van der Waals surface area contributed by atoms with Gasteiger partial charge in [-0.15, -0.1) is 0 Å². The van der Waals surface area contributed by atoms with Gasteiger partial charge in [0.25, 0.3) is 0 Å². The van der Waals surface area contributed by atoms with Crippen LogP contribution in [0.15, 0.2) is 115 Å². The molecule has 5 heteroatoms. The molecule has 0 aliphatic carbocycles. The molecule has 0 saturated carbocycles. The molecule has 1 aliphatic heterocycles. The molecule has 0 amide bonds. The molecule has 0 aromatic heterocycles. The number of hydrogen-bond donors (Lipinski definition) is 0. The van der Waals surface area contributed by atoms with Gasteiger partial charge in [-0.3, -0.25) is 0 Å². The van der Waals surface area contributed by atoms with Crippen LogP contribution in [0.25, 0.3) is 0 Å².